The van der Waals surface area contributed by atoms with E-state index in [-0.39, 0.29) is 17.3 Å². The number of benzene rings is 2. The van der Waals surface area contributed by atoms with Gasteiger partial charge >= 0.3 is 0 Å². The number of nitrogens with one attached hydrogen (secondary N) is 1. The van der Waals surface area contributed by atoms with Crippen LogP contribution in [-0.2, 0) is 27.9 Å². The molecule has 1 unspecified atom stereocenters. The van der Waals surface area contributed by atoms with Crippen LogP contribution in [0.3, 0.4) is 0 Å². The minimum atomic E-state index is -3.88. The Morgan fingerprint density at radius 3 is 2.79 bits per heavy atom. The van der Waals surface area contributed by atoms with E-state index in [4.69, 9.17) is 4.74 Å². The fourth-order valence-electron chi connectivity index (χ4n) is 4.33. The molecule has 0 bridgehead atoms. The lowest BCUT2D eigenvalue weighted by molar-refractivity contribution is -0.125. The number of sulfonamides is 1. The molecule has 10 heteroatoms. The molecule has 1 aliphatic rings. The van der Waals surface area contributed by atoms with Crippen LogP contribution in [0.25, 0.3) is 11.0 Å². The first kappa shape index (κ1) is 24.2. The number of hydrogen-bond donors (Lipinski definition) is 1. The molecule has 1 N–H and O–H groups in total. The van der Waals surface area contributed by atoms with Crippen molar-refractivity contribution in [1.29, 1.82) is 0 Å². The van der Waals surface area contributed by atoms with E-state index in [0.717, 1.165) is 23.9 Å². The van der Waals surface area contributed by atoms with Gasteiger partial charge < -0.3 is 10.1 Å². The Morgan fingerprint density at radius 1 is 1.18 bits per heavy atom. The first-order chi connectivity index (χ1) is 16.5. The maximum absolute atomic E-state index is 13.6. The number of amides is 1. The lowest BCUT2D eigenvalue weighted by atomic mass is 10.0. The second-order valence-electron chi connectivity index (χ2n) is 8.35. The summed E-state index contributed by atoms with van der Waals surface area (Å²) in [7, 11) is -3.88. The number of ether oxygens (including phenoxy) is 1. The second kappa shape index (κ2) is 10.5. The average Bonchev–Trinajstić information content (AvgIpc) is 3.26. The van der Waals surface area contributed by atoms with E-state index in [0.29, 0.717) is 43.8 Å². The van der Waals surface area contributed by atoms with E-state index in [1.54, 1.807) is 22.9 Å². The van der Waals surface area contributed by atoms with Crippen LogP contribution >= 0.6 is 0 Å². The van der Waals surface area contributed by atoms with Crippen LogP contribution in [-0.4, -0.2) is 52.8 Å². The lowest BCUT2D eigenvalue weighted by Crippen LogP contribution is -2.51. The van der Waals surface area contributed by atoms with Gasteiger partial charge in [-0.15, -0.1) is 5.10 Å². The average molecular weight is 486 g/mol. The topological polar surface area (TPSA) is 106 Å². The highest BCUT2D eigenvalue weighted by Gasteiger charge is 2.37. The number of para-hydroxylation sites is 1. The van der Waals surface area contributed by atoms with Crippen LogP contribution in [0.1, 0.15) is 45.1 Å². The molecule has 0 aliphatic carbocycles. The predicted molar refractivity (Wildman–Crippen MR) is 129 cm³/mol. The molecule has 1 aliphatic heterocycles. The van der Waals surface area contributed by atoms with Gasteiger partial charge in [0, 0.05) is 25.2 Å². The molecule has 1 aromatic heterocycles. The van der Waals surface area contributed by atoms with Crippen molar-refractivity contribution in [2.45, 2.75) is 63.6 Å². The highest BCUT2D eigenvalue weighted by atomic mass is 32.2. The van der Waals surface area contributed by atoms with Gasteiger partial charge in [-0.2, -0.15) is 4.31 Å². The smallest absolute Gasteiger partial charge is 0.243 e. The Balaban J connectivity index is 1.54. The maximum atomic E-state index is 13.6. The molecule has 182 valence electrons. The van der Waals surface area contributed by atoms with Gasteiger partial charge in [-0.3, -0.25) is 4.79 Å². The molecule has 1 fully saturated rings. The standard InChI is InChI=1S/C24H31N5O4S/c1-3-14-28-21-13-12-19(16-20(21)26-27-28)34(31,32)29-15-8-7-10-22(29)24(30)25-17-18-9-5-6-11-23(18)33-4-2/h5-6,9,11-13,16,22H,3-4,7-8,10,14-15,17H2,1-2H3,(H,25,30). The SMILES string of the molecule is CCCn1nnc2cc(S(=O)(=O)N3CCCCC3C(=O)NCc3ccccc3OCC)ccc21. The Kier molecular flexibility index (Phi) is 7.47. The molecule has 0 spiro atoms. The number of aryl methyl sites for hydroxylation is 1. The van der Waals surface area contributed by atoms with E-state index in [2.05, 4.69) is 15.6 Å². The molecule has 4 rings (SSSR count). The number of fused-ring (bicyclic) bond motifs is 1. The van der Waals surface area contributed by atoms with Crippen LogP contribution < -0.4 is 10.1 Å². The van der Waals surface area contributed by atoms with Gasteiger partial charge in [0.05, 0.1) is 17.0 Å². The zero-order valence-corrected chi connectivity index (χ0v) is 20.4. The highest BCUT2D eigenvalue weighted by Crippen LogP contribution is 2.27. The number of rotatable bonds is 9. The molecule has 2 aromatic carbocycles. The summed E-state index contributed by atoms with van der Waals surface area (Å²) in [5.74, 6) is 0.410. The lowest BCUT2D eigenvalue weighted by Gasteiger charge is -2.33. The number of aromatic nitrogens is 3. The third-order valence-electron chi connectivity index (χ3n) is 6.01. The third-order valence-corrected chi connectivity index (χ3v) is 7.91. The molecular weight excluding hydrogens is 454 g/mol. The number of carbonyl (C=O) groups is 1. The van der Waals surface area contributed by atoms with E-state index < -0.39 is 16.1 Å². The van der Waals surface area contributed by atoms with Gasteiger partial charge in [-0.05, 0) is 50.5 Å². The summed E-state index contributed by atoms with van der Waals surface area (Å²) in [6.45, 7) is 5.76. The van der Waals surface area contributed by atoms with Gasteiger partial charge in [0.15, 0.2) is 0 Å². The zero-order valence-electron chi connectivity index (χ0n) is 19.6. The number of nitrogens with zero attached hydrogens (tertiary/aromatic N) is 4. The molecule has 1 amide bonds. The predicted octanol–water partition coefficient (Wildman–Crippen LogP) is 3.10. The first-order valence-corrected chi connectivity index (χ1v) is 13.2. The van der Waals surface area contributed by atoms with Gasteiger partial charge in [-0.25, -0.2) is 13.1 Å². The molecule has 2 heterocycles. The summed E-state index contributed by atoms with van der Waals surface area (Å²) < 4.78 is 35.9. The van der Waals surface area contributed by atoms with Gasteiger partial charge in [-0.1, -0.05) is 36.8 Å². The van der Waals surface area contributed by atoms with Gasteiger partial charge in [0.2, 0.25) is 15.9 Å². The molecule has 1 saturated heterocycles. The summed E-state index contributed by atoms with van der Waals surface area (Å²) in [5, 5.41) is 11.2. The number of carbonyl (C=O) groups excluding carboxylic acids is 1. The van der Waals surface area contributed by atoms with Crippen LogP contribution in [0.15, 0.2) is 47.4 Å². The second-order valence-corrected chi connectivity index (χ2v) is 10.2. The Labute approximate surface area is 200 Å². The summed E-state index contributed by atoms with van der Waals surface area (Å²) in [6, 6.07) is 11.6. The molecule has 3 aromatic rings. The van der Waals surface area contributed by atoms with Crippen LogP contribution in [0, 0.1) is 0 Å². The quantitative estimate of drug-likeness (QED) is 0.499. The Morgan fingerprint density at radius 2 is 2.00 bits per heavy atom. The van der Waals surface area contributed by atoms with Crippen LogP contribution in [0.2, 0.25) is 0 Å². The van der Waals surface area contributed by atoms with E-state index >= 15 is 0 Å². The fraction of sp³-hybridized carbons (Fsp3) is 0.458. The normalized spacial score (nSPS) is 17.1. The molecular formula is C24H31N5O4S. The summed E-state index contributed by atoms with van der Waals surface area (Å²) in [4.78, 5) is 13.3. The molecule has 1 atom stereocenters. The maximum Gasteiger partial charge on any atom is 0.243 e. The molecule has 9 nitrogen and oxygen atoms in total. The minimum Gasteiger partial charge on any atom is -0.494 e. The highest BCUT2D eigenvalue weighted by molar-refractivity contribution is 7.89. The molecule has 0 saturated carbocycles. The monoisotopic (exact) mass is 485 g/mol. The first-order valence-electron chi connectivity index (χ1n) is 11.8. The summed E-state index contributed by atoms with van der Waals surface area (Å²) in [5.41, 5.74) is 2.17. The largest absolute Gasteiger partial charge is 0.494 e. The van der Waals surface area contributed by atoms with Crippen molar-refractivity contribution >= 4 is 27.0 Å². The van der Waals surface area contributed by atoms with Crippen molar-refractivity contribution in [3.05, 3.63) is 48.0 Å². The summed E-state index contributed by atoms with van der Waals surface area (Å²) >= 11 is 0. The van der Waals surface area contributed by atoms with Crippen molar-refractivity contribution in [3.63, 3.8) is 0 Å². The Bertz CT molecular complexity index is 1260. The van der Waals surface area contributed by atoms with Gasteiger partial charge in [0.1, 0.15) is 17.3 Å². The van der Waals surface area contributed by atoms with Gasteiger partial charge in [0.25, 0.3) is 0 Å². The summed E-state index contributed by atoms with van der Waals surface area (Å²) in [6.07, 6.45) is 2.89. The van der Waals surface area contributed by atoms with Crippen molar-refractivity contribution in [2.24, 2.45) is 0 Å². The van der Waals surface area contributed by atoms with Crippen molar-refractivity contribution in [1.82, 2.24) is 24.6 Å². The van der Waals surface area contributed by atoms with E-state index in [1.165, 1.54) is 4.31 Å². The van der Waals surface area contributed by atoms with E-state index in [1.807, 2.05) is 38.1 Å². The minimum absolute atomic E-state index is 0.130. The van der Waals surface area contributed by atoms with Crippen LogP contribution in [0.5, 0.6) is 5.75 Å². The van der Waals surface area contributed by atoms with Crippen molar-refractivity contribution in [3.8, 4) is 5.75 Å². The van der Waals surface area contributed by atoms with E-state index in [9.17, 15) is 13.2 Å². The Hall–Kier alpha value is -2.98. The molecule has 34 heavy (non-hydrogen) atoms. The number of piperidine rings is 1. The van der Waals surface area contributed by atoms with Crippen molar-refractivity contribution in [2.75, 3.05) is 13.2 Å². The molecule has 0 radical (unpaired) electrons. The zero-order chi connectivity index (χ0) is 24.1. The number of hydrogen-bond acceptors (Lipinski definition) is 6. The fourth-order valence-corrected chi connectivity index (χ4v) is 6.00. The third kappa shape index (κ3) is 4.92. The van der Waals surface area contributed by atoms with Crippen LogP contribution in [0.4, 0.5) is 0 Å². The van der Waals surface area contributed by atoms with Crippen molar-refractivity contribution < 1.29 is 17.9 Å².